The normalized spacial score (nSPS) is 22.8. The molecule has 21 heteroatoms. The molecule has 2 aromatic heterocycles. The van der Waals surface area contributed by atoms with Crippen LogP contribution in [0.4, 0.5) is 23.0 Å². The lowest BCUT2D eigenvalue weighted by Gasteiger charge is -2.46. The zero-order valence-electron chi connectivity index (χ0n) is 52.9. The van der Waals surface area contributed by atoms with Gasteiger partial charge in [-0.05, 0) is 107 Å². The van der Waals surface area contributed by atoms with Crippen LogP contribution >= 0.6 is 35.0 Å². The van der Waals surface area contributed by atoms with Gasteiger partial charge < -0.3 is 38.9 Å². The first-order valence-electron chi connectivity index (χ1n) is 32.4. The van der Waals surface area contributed by atoms with E-state index >= 15 is 4.79 Å². The summed E-state index contributed by atoms with van der Waals surface area (Å²) in [6.45, 7) is 19.3. The number of aromatic nitrogens is 4. The van der Waals surface area contributed by atoms with E-state index in [9.17, 15) is 15.3 Å². The van der Waals surface area contributed by atoms with Gasteiger partial charge >= 0.3 is 12.0 Å². The van der Waals surface area contributed by atoms with Crippen molar-refractivity contribution >= 4 is 91.3 Å². The summed E-state index contributed by atoms with van der Waals surface area (Å²) in [6.07, 6.45) is 8.32. The molecule has 0 aliphatic carbocycles. The van der Waals surface area contributed by atoms with Gasteiger partial charge in [-0.2, -0.15) is 42.2 Å². The van der Waals surface area contributed by atoms with Gasteiger partial charge in [0.25, 0.3) is 0 Å². The molecule has 12 rings (SSSR count). The number of rotatable bonds is 18. The van der Waals surface area contributed by atoms with E-state index in [2.05, 4.69) is 117 Å². The lowest BCUT2D eigenvalue weighted by Crippen LogP contribution is -2.58. The molecule has 90 heavy (non-hydrogen) atoms. The minimum atomic E-state index is -0.375. The first-order chi connectivity index (χ1) is 43.6. The number of piperazine rings is 2. The van der Waals surface area contributed by atoms with Gasteiger partial charge in [0.2, 0.25) is 11.8 Å². The van der Waals surface area contributed by atoms with Crippen LogP contribution in [0.15, 0.2) is 72.8 Å². The third-order valence-corrected chi connectivity index (χ3v) is 21.9. The topological polar surface area (TPSA) is 178 Å². The molecular weight excluding hydrogens is 1190 g/mol. The maximum atomic E-state index is 15.1. The minimum absolute atomic E-state index is 0.0165. The Morgan fingerprint density at radius 3 is 1.71 bits per heavy atom. The molecule has 4 fully saturated rings. The molecule has 4 saturated heterocycles. The van der Waals surface area contributed by atoms with Crippen LogP contribution in [0.5, 0.6) is 12.0 Å². The standard InChI is InChI=1S/C69H84Cl2N14O4S/c1-7-61(86)84-35-33-81(39-49(84)22-27-72)64-53-24-30-80(60-21-11-16-48-14-9-19-56(71)63(48)60)42-58(53)75-68(77-64)89-44-52-37-69(5,90-6)26-32-78(52)38-46(4)66(87)85-36-34-82(40-50(85)23-28-73)65-54-25-31-79(59-20-10-15-47-13-8-18-55(70)62(47)59)41-57(54)74-67(76-65)88-43-51-17-12-29-83(51)45(2)3/h8-11,13-16,18-21,45-46,49-52H,7,12,17,22-26,29-44H2,1-6H3/t46?,49?,50-,51+,52?,69?/m1/s1. The molecule has 6 aliphatic heterocycles. The molecule has 4 unspecified atom stereocenters. The van der Waals surface area contributed by atoms with Crippen molar-refractivity contribution in [2.45, 2.75) is 140 Å². The van der Waals surface area contributed by atoms with Gasteiger partial charge in [0.15, 0.2) is 0 Å². The molecule has 474 valence electrons. The first-order valence-corrected chi connectivity index (χ1v) is 34.4. The molecule has 0 saturated carbocycles. The molecule has 0 bridgehead atoms. The van der Waals surface area contributed by atoms with Crippen LogP contribution in [0.3, 0.4) is 0 Å². The fraction of sp³-hybridized carbons (Fsp3) is 0.536. The third-order valence-electron chi connectivity index (χ3n) is 19.9. The average molecular weight is 1280 g/mol. The molecule has 6 aliphatic rings. The minimum Gasteiger partial charge on any atom is -0.462 e. The van der Waals surface area contributed by atoms with Crippen molar-refractivity contribution < 1.29 is 19.1 Å². The Labute approximate surface area is 544 Å². The number of hydrogen-bond donors (Lipinski definition) is 0. The second-order valence-electron chi connectivity index (χ2n) is 25.9. The van der Waals surface area contributed by atoms with E-state index in [4.69, 9.17) is 52.6 Å². The summed E-state index contributed by atoms with van der Waals surface area (Å²) in [4.78, 5) is 67.1. The Morgan fingerprint density at radius 1 is 0.667 bits per heavy atom. The Balaban J connectivity index is 0.779. The molecule has 0 spiro atoms. The van der Waals surface area contributed by atoms with Crippen LogP contribution in [-0.4, -0.2) is 178 Å². The van der Waals surface area contributed by atoms with Gasteiger partial charge in [-0.1, -0.05) is 92.5 Å². The third kappa shape index (κ3) is 13.1. The highest BCUT2D eigenvalue weighted by atomic mass is 35.5. The van der Waals surface area contributed by atoms with E-state index in [-0.39, 0.29) is 65.5 Å². The summed E-state index contributed by atoms with van der Waals surface area (Å²) in [6, 6.07) is 30.1. The number of halogens is 2. The highest BCUT2D eigenvalue weighted by Crippen LogP contribution is 2.42. The second-order valence-corrected chi connectivity index (χ2v) is 28.1. The summed E-state index contributed by atoms with van der Waals surface area (Å²) >= 11 is 15.7. The van der Waals surface area contributed by atoms with E-state index < -0.39 is 0 Å². The molecule has 6 atom stereocenters. The Hall–Kier alpha value is -6.87. The van der Waals surface area contributed by atoms with Crippen molar-refractivity contribution in [2.75, 3.05) is 111 Å². The molecule has 0 radical (unpaired) electrons. The van der Waals surface area contributed by atoms with E-state index in [0.29, 0.717) is 113 Å². The number of nitrogens with zero attached hydrogens (tertiary/aromatic N) is 14. The van der Waals surface area contributed by atoms with Gasteiger partial charge in [-0.25, -0.2) is 0 Å². The van der Waals surface area contributed by atoms with Crippen molar-refractivity contribution in [3.05, 3.63) is 105 Å². The largest absolute Gasteiger partial charge is 0.462 e. The molecule has 0 N–H and O–H groups in total. The van der Waals surface area contributed by atoms with Gasteiger partial charge in [-0.3, -0.25) is 19.4 Å². The maximum absolute atomic E-state index is 15.1. The number of amides is 2. The number of thioether (sulfide) groups is 1. The predicted octanol–water partition coefficient (Wildman–Crippen LogP) is 10.8. The van der Waals surface area contributed by atoms with Crippen LogP contribution in [-0.2, 0) is 35.5 Å². The number of ether oxygens (including phenoxy) is 2. The monoisotopic (exact) mass is 1270 g/mol. The fourth-order valence-electron chi connectivity index (χ4n) is 15.1. The van der Waals surface area contributed by atoms with E-state index in [1.54, 1.807) is 0 Å². The summed E-state index contributed by atoms with van der Waals surface area (Å²) in [5.74, 6) is 1.32. The van der Waals surface area contributed by atoms with E-state index in [1.165, 1.54) is 0 Å². The summed E-state index contributed by atoms with van der Waals surface area (Å²) in [5, 5.41) is 26.0. The predicted molar refractivity (Wildman–Crippen MR) is 359 cm³/mol. The molecular formula is C69H84Cl2N14O4S. The first kappa shape index (κ1) is 63.3. The lowest BCUT2D eigenvalue weighted by molar-refractivity contribution is -0.139. The van der Waals surface area contributed by atoms with Crippen molar-refractivity contribution in [3.63, 3.8) is 0 Å². The Morgan fingerprint density at radius 2 is 1.19 bits per heavy atom. The van der Waals surface area contributed by atoms with Crippen LogP contribution in [0, 0.1) is 28.6 Å². The number of carbonyl (C=O) groups excluding carboxylic acids is 2. The number of fused-ring (bicyclic) bond motifs is 4. The number of anilines is 4. The van der Waals surface area contributed by atoms with Crippen LogP contribution in [0.2, 0.25) is 10.0 Å². The van der Waals surface area contributed by atoms with Gasteiger partial charge in [0.1, 0.15) is 24.8 Å². The van der Waals surface area contributed by atoms with Crippen molar-refractivity contribution in [1.29, 1.82) is 10.5 Å². The number of carbonyl (C=O) groups is 2. The molecule has 18 nitrogen and oxygen atoms in total. The second kappa shape index (κ2) is 27.5. The number of benzene rings is 4. The molecule has 8 heterocycles. The number of likely N-dealkylation sites (tertiary alicyclic amines) is 2. The quantitative estimate of drug-likeness (QED) is 0.0793. The SMILES string of the molecule is CCC(=O)N1CCN(c2nc(OCC3CC(C)(SC)CCN3CC(C)C(=O)N3CCN(c4nc(OC[C@@H]5CCCN5C(C)C)nc5c4CCN(c4cccc6cccc(Cl)c46)C5)C[C@H]3CC#N)nc3c2CCN(c2cccc4cccc(Cl)c24)C3)CC1CC#N. The van der Waals surface area contributed by atoms with Crippen LogP contribution < -0.4 is 29.1 Å². The van der Waals surface area contributed by atoms with E-state index in [1.807, 2.05) is 59.7 Å². The highest BCUT2D eigenvalue weighted by molar-refractivity contribution is 7.99. The zero-order valence-corrected chi connectivity index (χ0v) is 55.2. The van der Waals surface area contributed by atoms with Crippen LogP contribution in [0.25, 0.3) is 21.5 Å². The van der Waals surface area contributed by atoms with Crippen molar-refractivity contribution in [1.82, 2.24) is 39.5 Å². The summed E-state index contributed by atoms with van der Waals surface area (Å²) in [7, 11) is 0. The van der Waals surface area contributed by atoms with Crippen LogP contribution in [0.1, 0.15) is 102 Å². The average Bonchev–Trinajstić information content (AvgIpc) is 1.06. The lowest BCUT2D eigenvalue weighted by atomic mass is 9.90. The molecule has 6 aromatic rings. The maximum Gasteiger partial charge on any atom is 0.318 e. The van der Waals surface area contributed by atoms with Gasteiger partial charge in [0.05, 0.1) is 71.6 Å². The summed E-state index contributed by atoms with van der Waals surface area (Å²) < 4.78 is 13.5. The van der Waals surface area contributed by atoms with Crippen molar-refractivity contribution in [3.8, 4) is 24.2 Å². The van der Waals surface area contributed by atoms with E-state index in [0.717, 1.165) is 119 Å². The summed E-state index contributed by atoms with van der Waals surface area (Å²) in [5.41, 5.74) is 6.01. The Kier molecular flexibility index (Phi) is 19.4. The highest BCUT2D eigenvalue weighted by Gasteiger charge is 2.42. The number of hydrogen-bond acceptors (Lipinski definition) is 17. The Bertz CT molecular complexity index is 3700. The number of piperidine rings is 1. The molecule has 2 amide bonds. The fourth-order valence-corrected chi connectivity index (χ4v) is 16.3. The van der Waals surface area contributed by atoms with Gasteiger partial charge in [0, 0.05) is 127 Å². The molecule has 4 aromatic carbocycles. The zero-order chi connectivity index (χ0) is 62.8. The van der Waals surface area contributed by atoms with Crippen molar-refractivity contribution in [2.24, 2.45) is 5.92 Å². The smallest absolute Gasteiger partial charge is 0.318 e. The van der Waals surface area contributed by atoms with Gasteiger partial charge in [-0.15, -0.1) is 0 Å². The number of nitriles is 2.